The molecular formula is C48H31N3. The van der Waals surface area contributed by atoms with Gasteiger partial charge in [-0.3, -0.25) is 0 Å². The van der Waals surface area contributed by atoms with E-state index in [4.69, 9.17) is 13.7 Å². The van der Waals surface area contributed by atoms with E-state index in [1.807, 2.05) is 30.3 Å². The van der Waals surface area contributed by atoms with Crippen LogP contribution < -0.4 is 0 Å². The third-order valence-corrected chi connectivity index (χ3v) is 9.11. The van der Waals surface area contributed by atoms with Crippen molar-refractivity contribution in [2.75, 3.05) is 0 Å². The van der Waals surface area contributed by atoms with Crippen LogP contribution >= 0.6 is 0 Å². The number of hydrogen-bond donors (Lipinski definition) is 0. The number of para-hydroxylation sites is 5. The first-order valence-electron chi connectivity index (χ1n) is 26.3. The van der Waals surface area contributed by atoms with Crippen LogP contribution in [-0.4, -0.2) is 13.7 Å². The smallest absolute Gasteiger partial charge is 0.0782 e. The van der Waals surface area contributed by atoms with E-state index >= 15 is 0 Å². The zero-order valence-corrected chi connectivity index (χ0v) is 26.1. The van der Waals surface area contributed by atoms with Crippen LogP contribution in [-0.2, 0) is 0 Å². The fourth-order valence-corrected chi connectivity index (χ4v) is 6.98. The van der Waals surface area contributed by atoms with Crippen molar-refractivity contribution in [3.05, 3.63) is 188 Å². The van der Waals surface area contributed by atoms with Crippen LogP contribution in [0.1, 0.15) is 28.8 Å². The Kier molecular flexibility index (Phi) is 3.09. The third kappa shape index (κ3) is 4.06. The number of fused-ring (bicyclic) bond motifs is 9. The fourth-order valence-electron chi connectivity index (χ4n) is 6.98. The molecular weight excluding hydrogens is 619 g/mol. The minimum Gasteiger partial charge on any atom is -0.309 e. The van der Waals surface area contributed by atoms with Crippen molar-refractivity contribution in [3.8, 4) is 28.2 Å². The van der Waals surface area contributed by atoms with E-state index < -0.39 is 166 Å². The highest BCUT2D eigenvalue weighted by Gasteiger charge is 2.21. The zero-order valence-electron chi connectivity index (χ0n) is 47.1. The summed E-state index contributed by atoms with van der Waals surface area (Å²) in [4.78, 5) is 0. The van der Waals surface area contributed by atoms with E-state index in [2.05, 4.69) is 0 Å². The normalized spacial score (nSPS) is 17.7. The Hall–Kier alpha value is -6.84. The molecule has 238 valence electrons. The van der Waals surface area contributed by atoms with Crippen LogP contribution in [0.25, 0.3) is 93.6 Å². The Labute approximate surface area is 324 Å². The predicted molar refractivity (Wildman–Crippen MR) is 215 cm³/mol. The molecule has 0 saturated heterocycles. The maximum absolute atomic E-state index is 10.3. The van der Waals surface area contributed by atoms with Crippen LogP contribution in [0.15, 0.2) is 188 Å². The molecule has 3 heterocycles. The summed E-state index contributed by atoms with van der Waals surface area (Å²) >= 11 is 0. The highest BCUT2D eigenvalue weighted by molar-refractivity contribution is 6.16. The molecule has 0 unspecified atom stereocenters. The summed E-state index contributed by atoms with van der Waals surface area (Å²) in [7, 11) is 0. The van der Waals surface area contributed by atoms with Gasteiger partial charge in [0, 0.05) is 43.7 Å². The molecule has 3 heteroatoms. The predicted octanol–water partition coefficient (Wildman–Crippen LogP) is 12.6. The highest BCUT2D eigenvalue weighted by atomic mass is 15.1. The molecule has 0 fully saturated rings. The minimum absolute atomic E-state index is 0.150. The maximum Gasteiger partial charge on any atom is 0.0782 e. The monoisotopic (exact) mass is 670 g/mol. The molecule has 11 aromatic rings. The van der Waals surface area contributed by atoms with Gasteiger partial charge >= 0.3 is 0 Å². The summed E-state index contributed by atoms with van der Waals surface area (Å²) in [5.41, 5.74) is -1.82. The number of aromatic nitrogens is 3. The second-order valence-corrected chi connectivity index (χ2v) is 11.8. The van der Waals surface area contributed by atoms with Crippen molar-refractivity contribution in [1.82, 2.24) is 13.7 Å². The molecule has 3 aromatic heterocycles. The fraction of sp³-hybridized carbons (Fsp3) is 0. The van der Waals surface area contributed by atoms with Crippen molar-refractivity contribution in [3.63, 3.8) is 0 Å². The van der Waals surface area contributed by atoms with Gasteiger partial charge in [-0.1, -0.05) is 133 Å². The molecule has 0 radical (unpaired) electrons. The molecule has 0 aliphatic rings. The average molecular weight is 671 g/mol. The van der Waals surface area contributed by atoms with Gasteiger partial charge in [-0.15, -0.1) is 0 Å². The first-order chi connectivity index (χ1) is 34.1. The number of benzene rings is 8. The van der Waals surface area contributed by atoms with Gasteiger partial charge < -0.3 is 13.7 Å². The lowest BCUT2D eigenvalue weighted by Crippen LogP contribution is -2.01. The van der Waals surface area contributed by atoms with Gasteiger partial charge in [0.15, 0.2) is 0 Å². The molecule has 8 aromatic carbocycles. The summed E-state index contributed by atoms with van der Waals surface area (Å²) in [6.45, 7) is 0. The number of nitrogens with zero attached hydrogens (tertiary/aromatic N) is 3. The van der Waals surface area contributed by atoms with Gasteiger partial charge in [0.05, 0.1) is 67.6 Å². The SMILES string of the molecule is [2H]c1cc2c3c([2H])c([2H])c([2H])c([2H])c3n(-c3c([2H])c([2H])c([2H])c4c5c([2H])c([2H])c([2H])c([2H])c5n(-c5c([2H])c([2H])c6c7c([2H])c([2H])c([2H])c([2H])c7n(-c7cccc(-c8ccccc8)c7)c6c5[2H])c34)c2c([2H])c1[2H]. The molecule has 3 nitrogen and oxygen atoms in total. The molecule has 0 atom stereocenters. The molecule has 11 rings (SSSR count). The zero-order chi connectivity index (χ0) is 51.7. The van der Waals surface area contributed by atoms with Crippen molar-refractivity contribution in [1.29, 1.82) is 0 Å². The summed E-state index contributed by atoms with van der Waals surface area (Å²) in [5.74, 6) is 0. The lowest BCUT2D eigenvalue weighted by atomic mass is 10.1. The lowest BCUT2D eigenvalue weighted by molar-refractivity contribution is 1.13. The van der Waals surface area contributed by atoms with Gasteiger partial charge in [-0.05, 0) is 65.6 Å². The highest BCUT2D eigenvalue weighted by Crippen LogP contribution is 2.41. The van der Waals surface area contributed by atoms with Crippen LogP contribution in [0.3, 0.4) is 0 Å². The van der Waals surface area contributed by atoms with E-state index in [0.29, 0.717) is 5.56 Å². The molecule has 0 bridgehead atoms. The van der Waals surface area contributed by atoms with E-state index in [9.17, 15) is 15.1 Å². The molecule has 0 spiro atoms. The molecule has 0 N–H and O–H groups in total. The van der Waals surface area contributed by atoms with Crippen LogP contribution in [0.2, 0.25) is 0 Å². The third-order valence-electron chi connectivity index (χ3n) is 9.11. The van der Waals surface area contributed by atoms with Gasteiger partial charge in [-0.2, -0.15) is 0 Å². The molecule has 51 heavy (non-hydrogen) atoms. The first kappa shape index (κ1) is 14.6. The van der Waals surface area contributed by atoms with Gasteiger partial charge in [-0.25, -0.2) is 0 Å². The topological polar surface area (TPSA) is 14.8 Å². The van der Waals surface area contributed by atoms with Crippen molar-refractivity contribution < 1.29 is 28.8 Å². The largest absolute Gasteiger partial charge is 0.309 e. The van der Waals surface area contributed by atoms with Crippen LogP contribution in [0, 0.1) is 0 Å². The Balaban J connectivity index is 1.45. The van der Waals surface area contributed by atoms with Crippen molar-refractivity contribution in [2.45, 2.75) is 0 Å². The second kappa shape index (κ2) is 10.8. The minimum atomic E-state index is -0.861. The van der Waals surface area contributed by atoms with Crippen molar-refractivity contribution in [2.24, 2.45) is 0 Å². The summed E-state index contributed by atoms with van der Waals surface area (Å²) in [6.07, 6.45) is 0. The van der Waals surface area contributed by atoms with Gasteiger partial charge in [0.2, 0.25) is 0 Å². The standard InChI is InChI=1S/C48H31N3/c1-2-14-32(15-3-1)33-16-12-17-34(30-33)49-42-23-8-4-20-38(42)40-29-28-35(31-47(40)49)50-43-24-9-7-21-39(43)41-22-13-27-46(48(41)50)51-44-25-10-5-18-36(44)37-19-6-11-26-45(37)51/h1-31H/i4D,5D,6D,7D,8D,9D,10D,11D,13D,18D,20D,21D,22D,23D,24D,25D,26D,27D,28D,29D,31D. The lowest BCUT2D eigenvalue weighted by Gasteiger charge is -2.15. The Morgan fingerprint density at radius 2 is 0.941 bits per heavy atom. The molecule has 0 saturated carbocycles. The van der Waals surface area contributed by atoms with E-state index in [1.54, 1.807) is 24.3 Å². The van der Waals surface area contributed by atoms with Gasteiger partial charge in [0.1, 0.15) is 0 Å². The summed E-state index contributed by atoms with van der Waals surface area (Å²) < 4.78 is 196. The number of hydrogen-bond acceptors (Lipinski definition) is 0. The summed E-state index contributed by atoms with van der Waals surface area (Å²) in [5, 5.41) is -1.79. The van der Waals surface area contributed by atoms with Gasteiger partial charge in [0.25, 0.3) is 0 Å². The van der Waals surface area contributed by atoms with Crippen LogP contribution in [0.4, 0.5) is 0 Å². The Bertz CT molecular complexity index is 4340. The second-order valence-electron chi connectivity index (χ2n) is 11.8. The van der Waals surface area contributed by atoms with Crippen molar-refractivity contribution >= 4 is 65.4 Å². The molecule has 0 aliphatic heterocycles. The quantitative estimate of drug-likeness (QED) is 0.177. The maximum atomic E-state index is 10.3. The van der Waals surface area contributed by atoms with E-state index in [0.717, 1.165) is 20.8 Å². The molecule has 0 aliphatic carbocycles. The number of rotatable bonds is 4. The summed E-state index contributed by atoms with van der Waals surface area (Å²) in [6, 6.07) is 1.90. The first-order valence-corrected chi connectivity index (χ1v) is 15.8. The average Bonchev–Trinajstić information content (AvgIpc) is 4.03. The van der Waals surface area contributed by atoms with Crippen LogP contribution in [0.5, 0.6) is 0 Å². The Morgan fingerprint density at radius 3 is 1.73 bits per heavy atom. The Morgan fingerprint density at radius 1 is 0.353 bits per heavy atom. The van der Waals surface area contributed by atoms with E-state index in [-0.39, 0.29) is 43.8 Å². The molecule has 0 amide bonds. The van der Waals surface area contributed by atoms with E-state index in [1.165, 1.54) is 4.57 Å².